The van der Waals surface area contributed by atoms with Crippen molar-refractivity contribution >= 4 is 0 Å². The molecule has 0 radical (unpaired) electrons. The molecule has 2 heterocycles. The molecule has 10 atom stereocenters. The zero-order valence-electron chi connectivity index (χ0n) is 30.2. The van der Waals surface area contributed by atoms with E-state index in [2.05, 4.69) is 16.0 Å². The maximum absolute atomic E-state index is 7.56. The van der Waals surface area contributed by atoms with Crippen molar-refractivity contribution in [3.63, 3.8) is 0 Å². The highest BCUT2D eigenvalue weighted by molar-refractivity contribution is 5.08. The van der Waals surface area contributed by atoms with Crippen LogP contribution >= 0.6 is 0 Å². The molecule has 0 aromatic rings. The Bertz CT molecular complexity index is 967. The molecule has 9 fully saturated rings. The fraction of sp³-hybridized carbons (Fsp3) is 1.00. The number of fused-ring (bicyclic) bond motifs is 5. The standard InChI is InChI=1S/C43H73N3O/c1-4-13-28(14-5-1)29-23-25-30(26-24-29)33-21-12-22-36-37-27-38(34-19-10-11-20-35(34)40(37)47-39(33)36)43-45-41(31-15-6-2-7-16-31)44-42(46-43)32-17-8-3-9-18-32/h28-46H,1-27H2. The smallest absolute Gasteiger partial charge is 0.0641 e. The molecule has 0 spiro atoms. The molecule has 0 aromatic carbocycles. The Kier molecular flexibility index (Phi) is 10.3. The number of rotatable bonds is 5. The lowest BCUT2D eigenvalue weighted by molar-refractivity contribution is -0.103. The van der Waals surface area contributed by atoms with Gasteiger partial charge in [-0.1, -0.05) is 89.9 Å². The third-order valence-corrected chi connectivity index (χ3v) is 17.1. The summed E-state index contributed by atoms with van der Waals surface area (Å²) in [6.07, 6.45) is 42.5. The van der Waals surface area contributed by atoms with Crippen LogP contribution in [0.15, 0.2) is 0 Å². The van der Waals surface area contributed by atoms with Gasteiger partial charge in [0.1, 0.15) is 0 Å². The summed E-state index contributed by atoms with van der Waals surface area (Å²) in [4.78, 5) is 0. The molecule has 10 unspecified atom stereocenters. The van der Waals surface area contributed by atoms with E-state index < -0.39 is 0 Å². The van der Waals surface area contributed by atoms with E-state index in [1.165, 1.54) is 148 Å². The summed E-state index contributed by atoms with van der Waals surface area (Å²) in [5.74, 6) is 9.75. The molecule has 7 saturated carbocycles. The van der Waals surface area contributed by atoms with Crippen molar-refractivity contribution in [3.8, 4) is 0 Å². The SMILES string of the molecule is C1CCC(C2CCC(C3CCCC4C5CC(C6NC(C7CCCCC7)NC(C7CCCCC7)N6)C6CCCCC6C5OC34)CC2)CC1. The van der Waals surface area contributed by atoms with E-state index in [0.29, 0.717) is 30.7 Å². The molecule has 7 aliphatic carbocycles. The monoisotopic (exact) mass is 648 g/mol. The van der Waals surface area contributed by atoms with Gasteiger partial charge in [0.2, 0.25) is 0 Å². The predicted molar refractivity (Wildman–Crippen MR) is 192 cm³/mol. The van der Waals surface area contributed by atoms with E-state index in [0.717, 1.165) is 65.1 Å². The fourth-order valence-corrected chi connectivity index (χ4v) is 14.8. The molecule has 9 rings (SSSR count). The molecule has 0 amide bonds. The lowest BCUT2D eigenvalue weighted by Crippen LogP contribution is -2.73. The molecular weight excluding hydrogens is 574 g/mol. The van der Waals surface area contributed by atoms with Gasteiger partial charge in [0.25, 0.3) is 0 Å². The third-order valence-electron chi connectivity index (χ3n) is 17.1. The zero-order valence-corrected chi connectivity index (χ0v) is 30.2. The van der Waals surface area contributed by atoms with Crippen LogP contribution in [0.3, 0.4) is 0 Å². The van der Waals surface area contributed by atoms with E-state index in [1.807, 2.05) is 0 Å². The second-order valence-electron chi connectivity index (χ2n) is 19.3. The Morgan fingerprint density at radius 1 is 0.277 bits per heavy atom. The van der Waals surface area contributed by atoms with Crippen LogP contribution in [0.5, 0.6) is 0 Å². The van der Waals surface area contributed by atoms with Crippen molar-refractivity contribution in [2.45, 2.75) is 204 Å². The Hall–Kier alpha value is -0.160. The third kappa shape index (κ3) is 6.68. The first-order valence-corrected chi connectivity index (χ1v) is 22.2. The summed E-state index contributed by atoms with van der Waals surface area (Å²) in [5.41, 5.74) is 0. The molecule has 47 heavy (non-hydrogen) atoms. The Morgan fingerprint density at radius 3 is 1.34 bits per heavy atom. The van der Waals surface area contributed by atoms with Crippen molar-refractivity contribution in [3.05, 3.63) is 0 Å². The van der Waals surface area contributed by atoms with Crippen LogP contribution in [0, 0.1) is 65.1 Å². The topological polar surface area (TPSA) is 45.3 Å². The zero-order chi connectivity index (χ0) is 31.2. The average molecular weight is 648 g/mol. The molecular formula is C43H73N3O. The molecule has 4 heteroatoms. The quantitative estimate of drug-likeness (QED) is 0.278. The second kappa shape index (κ2) is 14.8. The Labute approximate surface area is 289 Å². The van der Waals surface area contributed by atoms with E-state index >= 15 is 0 Å². The van der Waals surface area contributed by atoms with Gasteiger partial charge in [-0.15, -0.1) is 0 Å². The fourth-order valence-electron chi connectivity index (χ4n) is 14.8. The summed E-state index contributed by atoms with van der Waals surface area (Å²) in [5, 5.41) is 13.0. The van der Waals surface area contributed by atoms with Gasteiger partial charge in [-0.25, -0.2) is 0 Å². The van der Waals surface area contributed by atoms with Crippen LogP contribution in [-0.2, 0) is 4.74 Å². The number of nitrogens with one attached hydrogen (secondary N) is 3. The highest BCUT2D eigenvalue weighted by atomic mass is 16.5. The van der Waals surface area contributed by atoms with Crippen LogP contribution in [-0.4, -0.2) is 30.7 Å². The van der Waals surface area contributed by atoms with E-state index in [-0.39, 0.29) is 0 Å². The lowest BCUT2D eigenvalue weighted by Gasteiger charge is -2.54. The molecule has 266 valence electrons. The van der Waals surface area contributed by atoms with Crippen LogP contribution < -0.4 is 16.0 Å². The van der Waals surface area contributed by atoms with Crippen molar-refractivity contribution in [1.29, 1.82) is 0 Å². The summed E-state index contributed by atoms with van der Waals surface area (Å²) < 4.78 is 7.56. The van der Waals surface area contributed by atoms with Gasteiger partial charge in [-0.3, -0.25) is 16.0 Å². The summed E-state index contributed by atoms with van der Waals surface area (Å²) in [7, 11) is 0. The van der Waals surface area contributed by atoms with Crippen LogP contribution in [0.4, 0.5) is 0 Å². The predicted octanol–water partition coefficient (Wildman–Crippen LogP) is 9.92. The number of ether oxygens (including phenoxy) is 1. The highest BCUT2D eigenvalue weighted by Crippen LogP contribution is 2.59. The summed E-state index contributed by atoms with van der Waals surface area (Å²) >= 11 is 0. The van der Waals surface area contributed by atoms with Gasteiger partial charge in [-0.2, -0.15) is 0 Å². The number of hydrogen-bond donors (Lipinski definition) is 3. The van der Waals surface area contributed by atoms with E-state index in [4.69, 9.17) is 4.74 Å². The first kappa shape index (κ1) is 32.7. The molecule has 3 N–H and O–H groups in total. The molecule has 2 saturated heterocycles. The van der Waals surface area contributed by atoms with Crippen molar-refractivity contribution in [2.24, 2.45) is 65.1 Å². The van der Waals surface area contributed by atoms with Gasteiger partial charge in [0.05, 0.1) is 30.7 Å². The van der Waals surface area contributed by atoms with Crippen LogP contribution in [0.2, 0.25) is 0 Å². The van der Waals surface area contributed by atoms with Gasteiger partial charge in [0.15, 0.2) is 0 Å². The minimum atomic E-state index is 0.496. The molecule has 0 aromatic heterocycles. The average Bonchev–Trinajstić information content (AvgIpc) is 3.55. The summed E-state index contributed by atoms with van der Waals surface area (Å²) in [6.45, 7) is 0. The molecule has 0 bridgehead atoms. The van der Waals surface area contributed by atoms with Crippen LogP contribution in [0.25, 0.3) is 0 Å². The maximum atomic E-state index is 7.56. The first-order valence-electron chi connectivity index (χ1n) is 22.2. The first-order chi connectivity index (χ1) is 23.3. The van der Waals surface area contributed by atoms with E-state index in [9.17, 15) is 0 Å². The van der Waals surface area contributed by atoms with Gasteiger partial charge < -0.3 is 4.74 Å². The summed E-state index contributed by atoms with van der Waals surface area (Å²) in [6, 6.07) is 0. The van der Waals surface area contributed by atoms with Crippen molar-refractivity contribution in [1.82, 2.24) is 16.0 Å². The van der Waals surface area contributed by atoms with Gasteiger partial charge >= 0.3 is 0 Å². The molecule has 9 aliphatic rings. The Balaban J connectivity index is 0.923. The van der Waals surface area contributed by atoms with Crippen LogP contribution in [0.1, 0.15) is 173 Å². The van der Waals surface area contributed by atoms with Gasteiger partial charge in [0, 0.05) is 0 Å². The minimum Gasteiger partial charge on any atom is -0.374 e. The largest absolute Gasteiger partial charge is 0.374 e. The maximum Gasteiger partial charge on any atom is 0.0641 e. The van der Waals surface area contributed by atoms with Crippen molar-refractivity contribution in [2.75, 3.05) is 0 Å². The lowest BCUT2D eigenvalue weighted by atomic mass is 9.56. The second-order valence-corrected chi connectivity index (χ2v) is 19.3. The highest BCUT2D eigenvalue weighted by Gasteiger charge is 2.59. The molecule has 2 aliphatic heterocycles. The van der Waals surface area contributed by atoms with Crippen molar-refractivity contribution < 1.29 is 4.74 Å². The molecule has 4 nitrogen and oxygen atoms in total. The Morgan fingerprint density at radius 2 is 0.702 bits per heavy atom. The minimum absolute atomic E-state index is 0.496. The van der Waals surface area contributed by atoms with E-state index in [1.54, 1.807) is 25.7 Å². The number of hydrogen-bond acceptors (Lipinski definition) is 4. The van der Waals surface area contributed by atoms with Gasteiger partial charge in [-0.05, 0) is 149 Å². The normalized spacial score (nSPS) is 49.1.